The lowest BCUT2D eigenvalue weighted by Gasteiger charge is -2.20. The van der Waals surface area contributed by atoms with Crippen molar-refractivity contribution in [2.45, 2.75) is 13.3 Å². The molecule has 0 radical (unpaired) electrons. The van der Waals surface area contributed by atoms with Gasteiger partial charge in [0.1, 0.15) is 5.75 Å². The van der Waals surface area contributed by atoms with Crippen molar-refractivity contribution < 1.29 is 14.3 Å². The predicted molar refractivity (Wildman–Crippen MR) is 67.5 cm³/mol. The second-order valence-corrected chi connectivity index (χ2v) is 3.60. The van der Waals surface area contributed by atoms with Crippen LogP contribution >= 0.6 is 0 Å². The summed E-state index contributed by atoms with van der Waals surface area (Å²) in [5, 5.41) is 0. The average molecular weight is 237 g/mol. The Labute approximate surface area is 102 Å². The maximum absolute atomic E-state index is 11.8. The van der Waals surface area contributed by atoms with Gasteiger partial charge in [-0.1, -0.05) is 12.1 Å². The van der Waals surface area contributed by atoms with Gasteiger partial charge in [-0.15, -0.1) is 0 Å². The van der Waals surface area contributed by atoms with E-state index in [1.165, 1.54) is 0 Å². The standard InChI is InChI=1S/C13H19NO3/c1-4-17-12-8-6-5-7-11(12)14(2)13(15)9-10-16-3/h5-8H,4,9-10H2,1-3H3. The van der Waals surface area contributed by atoms with E-state index < -0.39 is 0 Å². The molecular weight excluding hydrogens is 218 g/mol. The quantitative estimate of drug-likeness (QED) is 0.760. The van der Waals surface area contributed by atoms with E-state index in [1.54, 1.807) is 19.1 Å². The molecule has 1 aromatic carbocycles. The van der Waals surface area contributed by atoms with Crippen molar-refractivity contribution in [2.75, 3.05) is 32.3 Å². The number of anilines is 1. The van der Waals surface area contributed by atoms with Crippen LogP contribution in [0.25, 0.3) is 0 Å². The molecule has 0 N–H and O–H groups in total. The van der Waals surface area contributed by atoms with Gasteiger partial charge in [0.2, 0.25) is 5.91 Å². The minimum atomic E-state index is 0.0130. The molecule has 1 aromatic rings. The largest absolute Gasteiger partial charge is 0.492 e. The monoisotopic (exact) mass is 237 g/mol. The lowest BCUT2D eigenvalue weighted by Crippen LogP contribution is -2.27. The first-order chi connectivity index (χ1) is 8.20. The highest BCUT2D eigenvalue weighted by atomic mass is 16.5. The molecule has 0 unspecified atom stereocenters. The summed E-state index contributed by atoms with van der Waals surface area (Å²) in [5.74, 6) is 0.738. The molecule has 0 saturated heterocycles. The highest BCUT2D eigenvalue weighted by molar-refractivity contribution is 5.94. The number of carbonyl (C=O) groups excluding carboxylic acids is 1. The van der Waals surface area contributed by atoms with Gasteiger partial charge in [-0.2, -0.15) is 0 Å². The van der Waals surface area contributed by atoms with Crippen LogP contribution in [0.15, 0.2) is 24.3 Å². The van der Waals surface area contributed by atoms with Gasteiger partial charge in [0.05, 0.1) is 25.3 Å². The summed E-state index contributed by atoms with van der Waals surface area (Å²) in [6, 6.07) is 7.51. The third-order valence-electron chi connectivity index (χ3n) is 2.42. The van der Waals surface area contributed by atoms with Crippen LogP contribution in [-0.2, 0) is 9.53 Å². The smallest absolute Gasteiger partial charge is 0.229 e. The molecule has 0 aliphatic carbocycles. The van der Waals surface area contributed by atoms with Crippen LogP contribution in [0.4, 0.5) is 5.69 Å². The molecule has 0 spiro atoms. The average Bonchev–Trinajstić information content (AvgIpc) is 2.36. The number of carbonyl (C=O) groups is 1. The van der Waals surface area contributed by atoms with E-state index in [0.717, 1.165) is 11.4 Å². The molecule has 94 valence electrons. The summed E-state index contributed by atoms with van der Waals surface area (Å²) in [5.41, 5.74) is 0.787. The molecule has 1 amide bonds. The van der Waals surface area contributed by atoms with E-state index in [1.807, 2.05) is 31.2 Å². The molecule has 0 aromatic heterocycles. The maximum Gasteiger partial charge on any atom is 0.229 e. The summed E-state index contributed by atoms with van der Waals surface area (Å²) >= 11 is 0. The Balaban J connectivity index is 2.79. The third-order valence-corrected chi connectivity index (χ3v) is 2.42. The van der Waals surface area contributed by atoms with Gasteiger partial charge >= 0.3 is 0 Å². The lowest BCUT2D eigenvalue weighted by molar-refractivity contribution is -0.119. The van der Waals surface area contributed by atoms with Crippen LogP contribution in [-0.4, -0.2) is 33.3 Å². The van der Waals surface area contributed by atoms with Gasteiger partial charge in [-0.3, -0.25) is 4.79 Å². The third kappa shape index (κ3) is 3.75. The number of ether oxygens (including phenoxy) is 2. The Morgan fingerprint density at radius 2 is 2.06 bits per heavy atom. The minimum Gasteiger partial charge on any atom is -0.492 e. The number of benzene rings is 1. The highest BCUT2D eigenvalue weighted by Crippen LogP contribution is 2.27. The predicted octanol–water partition coefficient (Wildman–Crippen LogP) is 2.08. The second-order valence-electron chi connectivity index (χ2n) is 3.60. The summed E-state index contributed by atoms with van der Waals surface area (Å²) in [6.07, 6.45) is 0.369. The van der Waals surface area contributed by atoms with Gasteiger partial charge in [0.25, 0.3) is 0 Å². The molecule has 0 bridgehead atoms. The number of para-hydroxylation sites is 2. The summed E-state index contributed by atoms with van der Waals surface area (Å²) in [7, 11) is 3.33. The van der Waals surface area contributed by atoms with Gasteiger partial charge in [0.15, 0.2) is 0 Å². The summed E-state index contributed by atoms with van der Waals surface area (Å²) in [6.45, 7) is 2.93. The Bertz CT molecular complexity index is 365. The lowest BCUT2D eigenvalue weighted by atomic mass is 10.2. The van der Waals surface area contributed by atoms with Crippen molar-refractivity contribution in [1.29, 1.82) is 0 Å². The normalized spacial score (nSPS) is 10.1. The zero-order chi connectivity index (χ0) is 12.7. The van der Waals surface area contributed by atoms with Crippen LogP contribution < -0.4 is 9.64 Å². The molecule has 17 heavy (non-hydrogen) atoms. The second kappa shape index (κ2) is 6.91. The first-order valence-corrected chi connectivity index (χ1v) is 5.68. The zero-order valence-corrected chi connectivity index (χ0v) is 10.6. The Kier molecular flexibility index (Phi) is 5.49. The number of rotatable bonds is 6. The van der Waals surface area contributed by atoms with Gasteiger partial charge < -0.3 is 14.4 Å². The first-order valence-electron chi connectivity index (χ1n) is 5.68. The number of amides is 1. The Hall–Kier alpha value is -1.55. The van der Waals surface area contributed by atoms with E-state index in [-0.39, 0.29) is 5.91 Å². The van der Waals surface area contributed by atoms with Crippen molar-refractivity contribution in [1.82, 2.24) is 0 Å². The van der Waals surface area contributed by atoms with Crippen LogP contribution in [0.5, 0.6) is 5.75 Å². The van der Waals surface area contributed by atoms with E-state index in [2.05, 4.69) is 0 Å². The van der Waals surface area contributed by atoms with Crippen molar-refractivity contribution in [2.24, 2.45) is 0 Å². The van der Waals surface area contributed by atoms with E-state index >= 15 is 0 Å². The number of hydrogen-bond acceptors (Lipinski definition) is 3. The van der Waals surface area contributed by atoms with Crippen LogP contribution in [0.2, 0.25) is 0 Å². The Morgan fingerprint density at radius 3 is 2.71 bits per heavy atom. The molecule has 0 aliphatic heterocycles. The SMILES string of the molecule is CCOc1ccccc1N(C)C(=O)CCOC. The molecule has 0 heterocycles. The van der Waals surface area contributed by atoms with Crippen molar-refractivity contribution >= 4 is 11.6 Å². The molecule has 4 heteroatoms. The van der Waals surface area contributed by atoms with Crippen molar-refractivity contribution in [3.8, 4) is 5.75 Å². The molecule has 4 nitrogen and oxygen atoms in total. The zero-order valence-electron chi connectivity index (χ0n) is 10.6. The topological polar surface area (TPSA) is 38.8 Å². The molecular formula is C13H19NO3. The number of methoxy groups -OCH3 is 1. The fraction of sp³-hybridized carbons (Fsp3) is 0.462. The number of nitrogens with zero attached hydrogens (tertiary/aromatic N) is 1. The van der Waals surface area contributed by atoms with Crippen LogP contribution in [0, 0.1) is 0 Å². The summed E-state index contributed by atoms with van der Waals surface area (Å²) < 4.78 is 10.4. The van der Waals surface area contributed by atoms with Crippen molar-refractivity contribution in [3.05, 3.63) is 24.3 Å². The minimum absolute atomic E-state index is 0.0130. The number of hydrogen-bond donors (Lipinski definition) is 0. The molecule has 0 aliphatic rings. The van der Waals surface area contributed by atoms with Gasteiger partial charge in [-0.25, -0.2) is 0 Å². The van der Waals surface area contributed by atoms with Crippen molar-refractivity contribution in [3.63, 3.8) is 0 Å². The van der Waals surface area contributed by atoms with Gasteiger partial charge in [0, 0.05) is 14.2 Å². The summed E-state index contributed by atoms with van der Waals surface area (Å²) in [4.78, 5) is 13.5. The first kappa shape index (κ1) is 13.5. The molecule has 0 fully saturated rings. The van der Waals surface area contributed by atoms with Gasteiger partial charge in [-0.05, 0) is 19.1 Å². The molecule has 0 atom stereocenters. The van der Waals surface area contributed by atoms with E-state index in [4.69, 9.17) is 9.47 Å². The van der Waals surface area contributed by atoms with Crippen LogP contribution in [0.3, 0.4) is 0 Å². The van der Waals surface area contributed by atoms with E-state index in [0.29, 0.717) is 19.6 Å². The fourth-order valence-electron chi connectivity index (χ4n) is 1.50. The maximum atomic E-state index is 11.8. The molecule has 0 saturated carbocycles. The van der Waals surface area contributed by atoms with Crippen LogP contribution in [0.1, 0.15) is 13.3 Å². The Morgan fingerprint density at radius 1 is 1.35 bits per heavy atom. The molecule has 1 rings (SSSR count). The highest BCUT2D eigenvalue weighted by Gasteiger charge is 2.14. The van der Waals surface area contributed by atoms with E-state index in [9.17, 15) is 4.79 Å². The fourth-order valence-corrected chi connectivity index (χ4v) is 1.50.